The van der Waals surface area contributed by atoms with Gasteiger partial charge in [-0.2, -0.15) is 0 Å². The van der Waals surface area contributed by atoms with Gasteiger partial charge in [0.1, 0.15) is 5.75 Å². The number of ether oxygens (including phenoxy) is 5. The van der Waals surface area contributed by atoms with E-state index in [1.807, 2.05) is 18.2 Å². The molecule has 39 heavy (non-hydrogen) atoms. The van der Waals surface area contributed by atoms with E-state index in [0.717, 1.165) is 48.6 Å². The number of aryl methyl sites for hydroxylation is 1. The first-order chi connectivity index (χ1) is 18.9. The fourth-order valence-corrected chi connectivity index (χ4v) is 4.99. The second-order valence-electron chi connectivity index (χ2n) is 9.41. The van der Waals surface area contributed by atoms with Crippen molar-refractivity contribution in [1.29, 1.82) is 0 Å². The number of nitrogens with zero attached hydrogens (tertiary/aromatic N) is 3. The van der Waals surface area contributed by atoms with Gasteiger partial charge in [0.25, 0.3) is 0 Å². The van der Waals surface area contributed by atoms with Crippen LogP contribution in [0.3, 0.4) is 0 Å². The number of hydrogen-bond donors (Lipinski definition) is 1. The Hall–Kier alpha value is -3.70. The van der Waals surface area contributed by atoms with Gasteiger partial charge >= 0.3 is 0 Å². The Labute approximate surface area is 226 Å². The first-order valence-corrected chi connectivity index (χ1v) is 12.8. The number of hydrogen-bond acceptors (Lipinski definition) is 9. The fourth-order valence-electron chi connectivity index (χ4n) is 4.99. The van der Waals surface area contributed by atoms with Crippen molar-refractivity contribution in [1.82, 2.24) is 9.97 Å². The minimum Gasteiger partial charge on any atom is -0.495 e. The molecule has 2 aromatic carbocycles. The SMILES string of the molecule is COc1cc(Nc2ncc(CCc3c(F)c(OC)cc(OC)c3F)cn2)ccc1N1CCC2(CC1)OCCO2. The Morgan fingerprint density at radius 3 is 2.08 bits per heavy atom. The predicted molar refractivity (Wildman–Crippen MR) is 141 cm³/mol. The third-order valence-electron chi connectivity index (χ3n) is 7.15. The summed E-state index contributed by atoms with van der Waals surface area (Å²) in [5, 5.41) is 3.18. The molecule has 0 unspecified atom stereocenters. The molecule has 0 atom stereocenters. The number of rotatable bonds is 9. The Morgan fingerprint density at radius 1 is 0.872 bits per heavy atom. The molecule has 1 spiro atoms. The maximum absolute atomic E-state index is 14.7. The van der Waals surface area contributed by atoms with Crippen molar-refractivity contribution in [3.05, 3.63) is 59.4 Å². The molecular weight excluding hydrogens is 510 g/mol. The Bertz CT molecular complexity index is 1260. The minimum absolute atomic E-state index is 0.0680. The summed E-state index contributed by atoms with van der Waals surface area (Å²) in [6.07, 6.45) is 5.30. The molecule has 1 aromatic heterocycles. The number of anilines is 3. The van der Waals surface area contributed by atoms with Crippen LogP contribution in [0.1, 0.15) is 24.0 Å². The summed E-state index contributed by atoms with van der Waals surface area (Å²) in [5.41, 5.74) is 2.40. The molecule has 3 heterocycles. The zero-order valence-corrected chi connectivity index (χ0v) is 22.3. The van der Waals surface area contributed by atoms with E-state index < -0.39 is 17.4 Å². The van der Waals surface area contributed by atoms with Gasteiger partial charge in [0.05, 0.1) is 40.2 Å². The molecule has 0 saturated carbocycles. The first-order valence-electron chi connectivity index (χ1n) is 12.8. The van der Waals surface area contributed by atoms with Gasteiger partial charge in [0.15, 0.2) is 28.9 Å². The Balaban J connectivity index is 1.22. The molecule has 208 valence electrons. The Morgan fingerprint density at radius 2 is 1.49 bits per heavy atom. The normalized spacial score (nSPS) is 16.4. The number of benzene rings is 2. The third-order valence-corrected chi connectivity index (χ3v) is 7.15. The molecule has 9 nitrogen and oxygen atoms in total. The molecule has 0 radical (unpaired) electrons. The van der Waals surface area contributed by atoms with Crippen LogP contribution in [0.5, 0.6) is 17.2 Å². The smallest absolute Gasteiger partial charge is 0.227 e. The second-order valence-corrected chi connectivity index (χ2v) is 9.41. The van der Waals surface area contributed by atoms with Crippen molar-refractivity contribution >= 4 is 17.3 Å². The van der Waals surface area contributed by atoms with E-state index >= 15 is 0 Å². The van der Waals surface area contributed by atoms with Crippen LogP contribution >= 0.6 is 0 Å². The highest BCUT2D eigenvalue weighted by Crippen LogP contribution is 2.38. The van der Waals surface area contributed by atoms with Gasteiger partial charge in [0, 0.05) is 61.7 Å². The molecule has 5 rings (SSSR count). The molecule has 2 saturated heterocycles. The van der Waals surface area contributed by atoms with Crippen LogP contribution in [0.25, 0.3) is 0 Å². The zero-order valence-electron chi connectivity index (χ0n) is 22.3. The topological polar surface area (TPSA) is 87.2 Å². The van der Waals surface area contributed by atoms with Crippen molar-refractivity contribution in [2.24, 2.45) is 0 Å². The molecule has 11 heteroatoms. The number of piperidine rings is 1. The average Bonchev–Trinajstić information content (AvgIpc) is 3.42. The lowest BCUT2D eigenvalue weighted by molar-refractivity contribution is -0.169. The molecule has 3 aromatic rings. The summed E-state index contributed by atoms with van der Waals surface area (Å²) >= 11 is 0. The summed E-state index contributed by atoms with van der Waals surface area (Å²) in [6.45, 7) is 2.93. The van der Waals surface area contributed by atoms with E-state index in [9.17, 15) is 8.78 Å². The molecule has 2 fully saturated rings. The van der Waals surface area contributed by atoms with Crippen molar-refractivity contribution in [3.63, 3.8) is 0 Å². The van der Waals surface area contributed by atoms with Gasteiger partial charge < -0.3 is 33.9 Å². The lowest BCUT2D eigenvalue weighted by Gasteiger charge is -2.39. The highest BCUT2D eigenvalue weighted by Gasteiger charge is 2.40. The van der Waals surface area contributed by atoms with Gasteiger partial charge in [-0.05, 0) is 30.5 Å². The average molecular weight is 543 g/mol. The van der Waals surface area contributed by atoms with Crippen molar-refractivity contribution < 1.29 is 32.5 Å². The molecule has 2 aliphatic rings. The van der Waals surface area contributed by atoms with Crippen molar-refractivity contribution in [3.8, 4) is 17.2 Å². The van der Waals surface area contributed by atoms with Gasteiger partial charge in [-0.1, -0.05) is 0 Å². The van der Waals surface area contributed by atoms with Crippen LogP contribution in [-0.2, 0) is 22.3 Å². The largest absolute Gasteiger partial charge is 0.495 e. The number of aromatic nitrogens is 2. The highest BCUT2D eigenvalue weighted by atomic mass is 19.1. The Kier molecular flexibility index (Phi) is 7.99. The van der Waals surface area contributed by atoms with Crippen LogP contribution in [0.4, 0.5) is 26.1 Å². The number of halogens is 2. The van der Waals surface area contributed by atoms with E-state index in [1.165, 1.54) is 20.3 Å². The lowest BCUT2D eigenvalue weighted by Crippen LogP contribution is -2.45. The van der Waals surface area contributed by atoms with Crippen LogP contribution in [-0.4, -0.2) is 63.4 Å². The van der Waals surface area contributed by atoms with E-state index in [0.29, 0.717) is 25.6 Å². The molecular formula is C28H32F2N4O5. The number of methoxy groups -OCH3 is 3. The second kappa shape index (κ2) is 11.6. The standard InChI is InChI=1S/C28H32F2N4O5/c1-35-22-14-19(5-7-21(22)34-10-8-28(9-11-34)38-12-13-39-28)33-27-31-16-18(17-32-27)4-6-20-25(29)23(36-2)15-24(37-3)26(20)30/h5,7,14-17H,4,6,8-13H2,1-3H3,(H,31,32,33). The fraction of sp³-hybridized carbons (Fsp3) is 0.429. The van der Waals surface area contributed by atoms with Crippen molar-refractivity contribution in [2.75, 3.05) is 57.8 Å². The molecule has 2 aliphatic heterocycles. The van der Waals surface area contributed by atoms with Crippen LogP contribution in [0.15, 0.2) is 36.7 Å². The highest BCUT2D eigenvalue weighted by molar-refractivity contribution is 5.67. The van der Waals surface area contributed by atoms with E-state index in [2.05, 4.69) is 20.2 Å². The monoisotopic (exact) mass is 542 g/mol. The maximum atomic E-state index is 14.7. The van der Waals surface area contributed by atoms with Crippen LogP contribution in [0, 0.1) is 11.6 Å². The lowest BCUT2D eigenvalue weighted by atomic mass is 10.0. The third kappa shape index (κ3) is 5.69. The maximum Gasteiger partial charge on any atom is 0.227 e. The predicted octanol–water partition coefficient (Wildman–Crippen LogP) is 4.65. The van der Waals surface area contributed by atoms with Gasteiger partial charge in [0.2, 0.25) is 5.95 Å². The first kappa shape index (κ1) is 26.9. The minimum atomic E-state index is -0.739. The van der Waals surface area contributed by atoms with Crippen LogP contribution in [0.2, 0.25) is 0 Å². The summed E-state index contributed by atoms with van der Waals surface area (Å²) in [4.78, 5) is 11.0. The van der Waals surface area contributed by atoms with Crippen molar-refractivity contribution in [2.45, 2.75) is 31.5 Å². The number of nitrogens with one attached hydrogen (secondary N) is 1. The van der Waals surface area contributed by atoms with Gasteiger partial charge in [-0.15, -0.1) is 0 Å². The quantitative estimate of drug-likeness (QED) is 0.415. The summed E-state index contributed by atoms with van der Waals surface area (Å²) in [7, 11) is 4.30. The zero-order chi connectivity index (χ0) is 27.4. The van der Waals surface area contributed by atoms with Gasteiger partial charge in [-0.3, -0.25) is 0 Å². The summed E-state index contributed by atoms with van der Waals surface area (Å²) < 4.78 is 56.7. The molecule has 0 bridgehead atoms. The molecule has 0 aliphatic carbocycles. The molecule has 0 amide bonds. The van der Waals surface area contributed by atoms with Crippen LogP contribution < -0.4 is 24.4 Å². The molecule has 1 N–H and O–H groups in total. The summed E-state index contributed by atoms with van der Waals surface area (Å²) in [6, 6.07) is 7.06. The van der Waals surface area contributed by atoms with E-state index in [1.54, 1.807) is 19.5 Å². The summed E-state index contributed by atoms with van der Waals surface area (Å²) in [5.74, 6) is -0.919. The van der Waals surface area contributed by atoms with E-state index in [-0.39, 0.29) is 23.5 Å². The van der Waals surface area contributed by atoms with E-state index in [4.69, 9.17) is 23.7 Å². The van der Waals surface area contributed by atoms with Gasteiger partial charge in [-0.25, -0.2) is 18.7 Å².